The highest BCUT2D eigenvalue weighted by Gasteiger charge is 2.23. The van der Waals surface area contributed by atoms with E-state index in [9.17, 15) is 21.6 Å². The van der Waals surface area contributed by atoms with Gasteiger partial charge in [0.05, 0.1) is 15.6 Å². The van der Waals surface area contributed by atoms with Crippen LogP contribution >= 0.6 is 11.6 Å². The SMILES string of the molecule is CCN(CC)S(=O)(=O)c1ccc(NC(=O)c2ccc(Cl)c(S(=O)(=O)Nc3ccccc3C)c2)cc1. The summed E-state index contributed by atoms with van der Waals surface area (Å²) in [6.45, 7) is 5.97. The summed E-state index contributed by atoms with van der Waals surface area (Å²) in [6.07, 6.45) is 0. The highest BCUT2D eigenvalue weighted by atomic mass is 35.5. The van der Waals surface area contributed by atoms with Gasteiger partial charge in [-0.1, -0.05) is 43.6 Å². The van der Waals surface area contributed by atoms with Crippen LogP contribution in [0.15, 0.2) is 76.5 Å². The Bertz CT molecular complexity index is 1440. The van der Waals surface area contributed by atoms with Crippen molar-refractivity contribution >= 4 is 48.9 Å². The molecule has 3 aromatic carbocycles. The standard InChI is InChI=1S/C24H26ClN3O5S2/c1-4-28(5-2)35(32,33)20-13-11-19(12-14-20)26-24(29)18-10-15-21(25)23(16-18)34(30,31)27-22-9-7-6-8-17(22)3/h6-16,27H,4-5H2,1-3H3,(H,26,29). The second-order valence-corrected chi connectivity index (χ2v) is 11.6. The third kappa shape index (κ3) is 6.02. The average molecular weight is 536 g/mol. The van der Waals surface area contributed by atoms with Crippen LogP contribution in [0.4, 0.5) is 11.4 Å². The largest absolute Gasteiger partial charge is 0.322 e. The molecule has 0 saturated carbocycles. The molecular formula is C24H26ClN3O5S2. The number of carbonyl (C=O) groups excluding carboxylic acids is 1. The van der Waals surface area contributed by atoms with Gasteiger partial charge in [0.2, 0.25) is 10.0 Å². The van der Waals surface area contributed by atoms with Gasteiger partial charge in [0.1, 0.15) is 4.90 Å². The summed E-state index contributed by atoms with van der Waals surface area (Å²) in [6, 6.07) is 16.6. The van der Waals surface area contributed by atoms with E-state index >= 15 is 0 Å². The second-order valence-electron chi connectivity index (χ2n) is 7.63. The normalized spacial score (nSPS) is 11.9. The van der Waals surface area contributed by atoms with Gasteiger partial charge in [-0.3, -0.25) is 9.52 Å². The molecule has 0 fully saturated rings. The Morgan fingerprint density at radius 2 is 1.54 bits per heavy atom. The number of nitrogens with one attached hydrogen (secondary N) is 2. The van der Waals surface area contributed by atoms with Crippen LogP contribution in [0.25, 0.3) is 0 Å². The lowest BCUT2D eigenvalue weighted by atomic mass is 10.2. The van der Waals surface area contributed by atoms with E-state index in [1.807, 2.05) is 0 Å². The Morgan fingerprint density at radius 3 is 2.14 bits per heavy atom. The number of hydrogen-bond donors (Lipinski definition) is 2. The Balaban J connectivity index is 1.82. The van der Waals surface area contributed by atoms with E-state index in [0.717, 1.165) is 5.56 Å². The number of halogens is 1. The Kier molecular flexibility index (Phi) is 8.22. The molecule has 11 heteroatoms. The summed E-state index contributed by atoms with van der Waals surface area (Å²) in [5.41, 5.74) is 1.55. The lowest BCUT2D eigenvalue weighted by molar-refractivity contribution is 0.102. The number of hydrogen-bond acceptors (Lipinski definition) is 5. The Morgan fingerprint density at radius 1 is 0.914 bits per heavy atom. The van der Waals surface area contributed by atoms with Crippen LogP contribution in [-0.2, 0) is 20.0 Å². The molecule has 0 aliphatic carbocycles. The van der Waals surface area contributed by atoms with E-state index in [4.69, 9.17) is 11.6 Å². The van der Waals surface area contributed by atoms with Gasteiger partial charge < -0.3 is 5.32 Å². The summed E-state index contributed by atoms with van der Waals surface area (Å²) in [7, 11) is -7.69. The van der Waals surface area contributed by atoms with Gasteiger partial charge in [-0.2, -0.15) is 4.31 Å². The first-order valence-electron chi connectivity index (χ1n) is 10.8. The first-order valence-corrected chi connectivity index (χ1v) is 14.1. The minimum atomic E-state index is -4.06. The van der Waals surface area contributed by atoms with Crippen molar-refractivity contribution in [2.45, 2.75) is 30.6 Å². The van der Waals surface area contributed by atoms with E-state index in [1.165, 1.54) is 46.8 Å². The highest BCUT2D eigenvalue weighted by Crippen LogP contribution is 2.27. The molecular weight excluding hydrogens is 510 g/mol. The molecule has 35 heavy (non-hydrogen) atoms. The molecule has 0 bridgehead atoms. The van der Waals surface area contributed by atoms with Crippen LogP contribution in [0.1, 0.15) is 29.8 Å². The molecule has 0 saturated heterocycles. The minimum Gasteiger partial charge on any atom is -0.322 e. The van der Waals surface area contributed by atoms with Crippen molar-refractivity contribution in [1.29, 1.82) is 0 Å². The number of benzene rings is 3. The average Bonchev–Trinajstić information content (AvgIpc) is 2.81. The number of aryl methyl sites for hydroxylation is 1. The van der Waals surface area contributed by atoms with E-state index in [0.29, 0.717) is 24.5 Å². The highest BCUT2D eigenvalue weighted by molar-refractivity contribution is 7.92. The van der Waals surface area contributed by atoms with Gasteiger partial charge in [0.15, 0.2) is 0 Å². The molecule has 0 aliphatic rings. The molecule has 0 atom stereocenters. The Hall–Kier alpha value is -2.92. The number of sulfonamides is 2. The monoisotopic (exact) mass is 535 g/mol. The molecule has 3 aromatic rings. The molecule has 186 valence electrons. The number of para-hydroxylation sites is 1. The van der Waals surface area contributed by atoms with Gasteiger partial charge in [-0.15, -0.1) is 0 Å². The number of rotatable bonds is 9. The molecule has 0 aromatic heterocycles. The molecule has 2 N–H and O–H groups in total. The summed E-state index contributed by atoms with van der Waals surface area (Å²) >= 11 is 6.15. The fourth-order valence-corrected chi connectivity index (χ4v) is 6.48. The van der Waals surface area contributed by atoms with Crippen LogP contribution in [0, 0.1) is 6.92 Å². The van der Waals surface area contributed by atoms with Crippen LogP contribution in [0.5, 0.6) is 0 Å². The van der Waals surface area contributed by atoms with Crippen molar-refractivity contribution in [2.75, 3.05) is 23.1 Å². The number of anilines is 2. The molecule has 0 spiro atoms. The summed E-state index contributed by atoms with van der Waals surface area (Å²) in [5.74, 6) is -0.576. The lowest BCUT2D eigenvalue weighted by Gasteiger charge is -2.18. The smallest absolute Gasteiger partial charge is 0.263 e. The predicted octanol–water partition coefficient (Wildman–Crippen LogP) is 4.73. The van der Waals surface area contributed by atoms with Crippen molar-refractivity contribution in [3.8, 4) is 0 Å². The van der Waals surface area contributed by atoms with Crippen molar-refractivity contribution in [2.24, 2.45) is 0 Å². The minimum absolute atomic E-state index is 0.0337. The maximum atomic E-state index is 13.0. The molecule has 0 radical (unpaired) electrons. The van der Waals surface area contributed by atoms with Gasteiger partial charge in [-0.25, -0.2) is 16.8 Å². The quantitative estimate of drug-likeness (QED) is 0.411. The van der Waals surface area contributed by atoms with E-state index in [-0.39, 0.29) is 20.4 Å². The number of carbonyl (C=O) groups is 1. The third-order valence-electron chi connectivity index (χ3n) is 5.33. The van der Waals surface area contributed by atoms with E-state index in [1.54, 1.807) is 45.0 Å². The second kappa shape index (κ2) is 10.8. The van der Waals surface area contributed by atoms with Crippen LogP contribution < -0.4 is 10.0 Å². The maximum Gasteiger partial charge on any atom is 0.263 e. The van der Waals surface area contributed by atoms with Gasteiger partial charge in [-0.05, 0) is 61.0 Å². The van der Waals surface area contributed by atoms with Crippen molar-refractivity contribution in [1.82, 2.24) is 4.31 Å². The van der Waals surface area contributed by atoms with E-state index < -0.39 is 26.0 Å². The summed E-state index contributed by atoms with van der Waals surface area (Å²) in [4.78, 5) is 12.7. The zero-order chi connectivity index (χ0) is 25.8. The van der Waals surface area contributed by atoms with Gasteiger partial charge in [0, 0.05) is 24.3 Å². The van der Waals surface area contributed by atoms with Crippen LogP contribution in [0.3, 0.4) is 0 Å². The van der Waals surface area contributed by atoms with Gasteiger partial charge >= 0.3 is 0 Å². The van der Waals surface area contributed by atoms with Gasteiger partial charge in [0.25, 0.3) is 15.9 Å². The zero-order valence-electron chi connectivity index (χ0n) is 19.4. The molecule has 0 heterocycles. The topological polar surface area (TPSA) is 113 Å². The van der Waals surface area contributed by atoms with Crippen LogP contribution in [-0.4, -0.2) is 40.1 Å². The predicted molar refractivity (Wildman–Crippen MR) is 138 cm³/mol. The van der Waals surface area contributed by atoms with Crippen molar-refractivity contribution < 1.29 is 21.6 Å². The number of amides is 1. The fraction of sp³-hybridized carbons (Fsp3) is 0.208. The first-order chi connectivity index (χ1) is 16.5. The molecule has 0 aliphatic heterocycles. The number of nitrogens with zero attached hydrogens (tertiary/aromatic N) is 1. The summed E-state index contributed by atoms with van der Waals surface area (Å²) in [5, 5.41) is 2.61. The lowest BCUT2D eigenvalue weighted by Crippen LogP contribution is -2.30. The maximum absolute atomic E-state index is 13.0. The van der Waals surface area contributed by atoms with Crippen LogP contribution in [0.2, 0.25) is 5.02 Å². The molecule has 1 amide bonds. The first kappa shape index (κ1) is 26.7. The molecule has 3 rings (SSSR count). The summed E-state index contributed by atoms with van der Waals surface area (Å²) < 4.78 is 55.0. The fourth-order valence-electron chi connectivity index (χ4n) is 3.36. The van der Waals surface area contributed by atoms with Crippen molar-refractivity contribution in [3.05, 3.63) is 82.9 Å². The molecule has 8 nitrogen and oxygen atoms in total. The zero-order valence-corrected chi connectivity index (χ0v) is 21.8. The van der Waals surface area contributed by atoms with E-state index in [2.05, 4.69) is 10.0 Å². The Labute approximate surface area is 211 Å². The van der Waals surface area contributed by atoms with Crippen molar-refractivity contribution in [3.63, 3.8) is 0 Å². The molecule has 0 unspecified atom stereocenters. The third-order valence-corrected chi connectivity index (χ3v) is 9.24.